The summed E-state index contributed by atoms with van der Waals surface area (Å²) in [5.41, 5.74) is 5.11. The van der Waals surface area contributed by atoms with E-state index in [0.717, 1.165) is 0 Å². The highest BCUT2D eigenvalue weighted by Gasteiger charge is 2.11. The third-order valence-corrected chi connectivity index (χ3v) is 1.02. The minimum Gasteiger partial charge on any atom is -0.463 e. The van der Waals surface area contributed by atoms with Crippen LogP contribution in [-0.4, -0.2) is 25.4 Å². The zero-order valence-corrected chi connectivity index (χ0v) is 7.15. The van der Waals surface area contributed by atoms with E-state index in [4.69, 9.17) is 5.73 Å². The summed E-state index contributed by atoms with van der Waals surface area (Å²) < 4.78 is 4.18. The Bertz CT molecular complexity index is 138. The Balaban J connectivity index is 0. The van der Waals surface area contributed by atoms with Crippen LogP contribution in [0, 0.1) is 0 Å². The van der Waals surface area contributed by atoms with Crippen LogP contribution in [0.1, 0.15) is 12.8 Å². The van der Waals surface area contributed by atoms with E-state index in [1.807, 2.05) is 0 Å². The van der Waals surface area contributed by atoms with Crippen molar-refractivity contribution in [2.75, 3.05) is 13.7 Å². The molecule has 0 saturated carbocycles. The smallest absolute Gasteiger partial charge is 0.374 e. The fraction of sp³-hybridized carbons (Fsp3) is 0.667. The zero-order chi connectivity index (χ0) is 7.98. The number of esters is 1. The summed E-state index contributed by atoms with van der Waals surface area (Å²) in [5, 5.41) is 0. The summed E-state index contributed by atoms with van der Waals surface area (Å²) in [6.07, 6.45) is 0.719. The standard InChI is InChI=1S/C6H11NO3.ClH/c1-10-6(9)5(8)3-2-4-7;/h2-4,7H2,1H3;1H. The molecule has 0 aliphatic rings. The van der Waals surface area contributed by atoms with E-state index in [1.165, 1.54) is 7.11 Å². The maximum absolute atomic E-state index is 10.6. The molecular weight excluding hydrogens is 170 g/mol. The average Bonchev–Trinajstić information content (AvgIpc) is 1.98. The number of nitrogens with two attached hydrogens (primary N) is 1. The molecule has 2 N–H and O–H groups in total. The van der Waals surface area contributed by atoms with Crippen molar-refractivity contribution in [2.24, 2.45) is 5.73 Å². The zero-order valence-electron chi connectivity index (χ0n) is 6.33. The number of hydrogen-bond donors (Lipinski definition) is 1. The van der Waals surface area contributed by atoms with E-state index in [-0.39, 0.29) is 18.8 Å². The van der Waals surface area contributed by atoms with Gasteiger partial charge in [0.05, 0.1) is 7.11 Å². The van der Waals surface area contributed by atoms with Crippen molar-refractivity contribution in [1.82, 2.24) is 0 Å². The highest BCUT2D eigenvalue weighted by Crippen LogP contribution is 1.89. The molecule has 0 spiro atoms. The largest absolute Gasteiger partial charge is 0.463 e. The number of ether oxygens (including phenoxy) is 1. The quantitative estimate of drug-likeness (QED) is 0.485. The lowest BCUT2D eigenvalue weighted by molar-refractivity contribution is -0.151. The summed E-state index contributed by atoms with van der Waals surface area (Å²) in [4.78, 5) is 21.0. The van der Waals surface area contributed by atoms with Gasteiger partial charge in [-0.25, -0.2) is 4.79 Å². The predicted molar refractivity (Wildman–Crippen MR) is 42.6 cm³/mol. The first-order valence-corrected chi connectivity index (χ1v) is 3.03. The van der Waals surface area contributed by atoms with Gasteiger partial charge < -0.3 is 10.5 Å². The number of ketones is 1. The molecule has 0 fully saturated rings. The first kappa shape index (κ1) is 13.0. The Kier molecular flexibility index (Phi) is 8.87. The van der Waals surface area contributed by atoms with Crippen LogP contribution in [-0.2, 0) is 14.3 Å². The number of Topliss-reactive ketones (excluding diaryl/α,β-unsaturated/α-hetero) is 1. The fourth-order valence-corrected chi connectivity index (χ4v) is 0.479. The molecule has 0 atom stereocenters. The molecule has 66 valence electrons. The van der Waals surface area contributed by atoms with Gasteiger partial charge in [-0.2, -0.15) is 0 Å². The van der Waals surface area contributed by atoms with Crippen molar-refractivity contribution in [3.05, 3.63) is 0 Å². The molecule has 11 heavy (non-hydrogen) atoms. The van der Waals surface area contributed by atoms with Crippen LogP contribution in [0.25, 0.3) is 0 Å². The van der Waals surface area contributed by atoms with Gasteiger partial charge in [0.2, 0.25) is 5.78 Å². The van der Waals surface area contributed by atoms with Gasteiger partial charge in [-0.15, -0.1) is 12.4 Å². The van der Waals surface area contributed by atoms with E-state index in [0.29, 0.717) is 13.0 Å². The molecule has 5 heteroatoms. The molecule has 0 unspecified atom stereocenters. The molecule has 0 aliphatic heterocycles. The van der Waals surface area contributed by atoms with Gasteiger partial charge in [0.25, 0.3) is 0 Å². The molecule has 0 bridgehead atoms. The Hall–Kier alpha value is -0.610. The first-order valence-electron chi connectivity index (χ1n) is 3.03. The number of halogens is 1. The Morgan fingerprint density at radius 1 is 1.45 bits per heavy atom. The molecule has 0 aromatic heterocycles. The lowest BCUT2D eigenvalue weighted by atomic mass is 10.2. The maximum Gasteiger partial charge on any atom is 0.374 e. The summed E-state index contributed by atoms with van der Waals surface area (Å²) in [7, 11) is 1.18. The summed E-state index contributed by atoms with van der Waals surface area (Å²) in [6, 6.07) is 0. The number of hydrogen-bond acceptors (Lipinski definition) is 4. The van der Waals surface area contributed by atoms with Crippen molar-refractivity contribution in [3.63, 3.8) is 0 Å². The minimum absolute atomic E-state index is 0. The van der Waals surface area contributed by atoms with Gasteiger partial charge >= 0.3 is 5.97 Å². The van der Waals surface area contributed by atoms with E-state index in [9.17, 15) is 9.59 Å². The van der Waals surface area contributed by atoms with Crippen LogP contribution in [0.3, 0.4) is 0 Å². The van der Waals surface area contributed by atoms with Crippen molar-refractivity contribution >= 4 is 24.2 Å². The molecular formula is C6H12ClNO3. The lowest BCUT2D eigenvalue weighted by Gasteiger charge is -1.95. The van der Waals surface area contributed by atoms with Gasteiger partial charge in [0.1, 0.15) is 0 Å². The average molecular weight is 182 g/mol. The van der Waals surface area contributed by atoms with Crippen molar-refractivity contribution in [2.45, 2.75) is 12.8 Å². The Labute approximate surface area is 71.5 Å². The van der Waals surface area contributed by atoms with E-state index >= 15 is 0 Å². The second-order valence-electron chi connectivity index (χ2n) is 1.81. The monoisotopic (exact) mass is 181 g/mol. The van der Waals surface area contributed by atoms with Crippen LogP contribution < -0.4 is 5.73 Å². The van der Waals surface area contributed by atoms with Crippen molar-refractivity contribution < 1.29 is 14.3 Å². The van der Waals surface area contributed by atoms with Crippen LogP contribution in [0.15, 0.2) is 0 Å². The van der Waals surface area contributed by atoms with Crippen molar-refractivity contribution in [1.29, 1.82) is 0 Å². The van der Waals surface area contributed by atoms with Gasteiger partial charge in [-0.05, 0) is 13.0 Å². The number of carbonyl (C=O) groups excluding carboxylic acids is 2. The normalized spacial score (nSPS) is 8.18. The van der Waals surface area contributed by atoms with Gasteiger partial charge in [0.15, 0.2) is 0 Å². The summed E-state index contributed by atoms with van der Waals surface area (Å²) in [6.45, 7) is 0.419. The summed E-state index contributed by atoms with van der Waals surface area (Å²) >= 11 is 0. The highest BCUT2D eigenvalue weighted by atomic mass is 35.5. The Morgan fingerprint density at radius 3 is 2.36 bits per heavy atom. The molecule has 0 aliphatic carbocycles. The van der Waals surface area contributed by atoms with Crippen LogP contribution in [0.5, 0.6) is 0 Å². The van der Waals surface area contributed by atoms with E-state index < -0.39 is 11.8 Å². The molecule has 0 heterocycles. The number of carbonyl (C=O) groups is 2. The SMILES string of the molecule is COC(=O)C(=O)CCCN.Cl. The predicted octanol–water partition coefficient (Wildman–Crippen LogP) is -0.111. The van der Waals surface area contributed by atoms with Crippen LogP contribution in [0.4, 0.5) is 0 Å². The van der Waals surface area contributed by atoms with Gasteiger partial charge in [-0.1, -0.05) is 0 Å². The first-order chi connectivity index (χ1) is 4.72. The van der Waals surface area contributed by atoms with Gasteiger partial charge in [-0.3, -0.25) is 4.79 Å². The molecule has 0 rings (SSSR count). The fourth-order valence-electron chi connectivity index (χ4n) is 0.479. The second-order valence-corrected chi connectivity index (χ2v) is 1.81. The van der Waals surface area contributed by atoms with Crippen molar-refractivity contribution in [3.8, 4) is 0 Å². The Morgan fingerprint density at radius 2 is 2.00 bits per heavy atom. The summed E-state index contributed by atoms with van der Waals surface area (Å²) in [5.74, 6) is -1.29. The molecule has 0 radical (unpaired) electrons. The maximum atomic E-state index is 10.6. The van der Waals surface area contributed by atoms with Crippen LogP contribution >= 0.6 is 12.4 Å². The highest BCUT2D eigenvalue weighted by molar-refractivity contribution is 6.33. The number of methoxy groups -OCH3 is 1. The molecule has 0 aromatic carbocycles. The third kappa shape index (κ3) is 5.82. The van der Waals surface area contributed by atoms with Crippen LogP contribution in [0.2, 0.25) is 0 Å². The third-order valence-electron chi connectivity index (χ3n) is 1.02. The number of rotatable bonds is 4. The minimum atomic E-state index is -0.784. The lowest BCUT2D eigenvalue weighted by Crippen LogP contribution is -2.16. The molecule has 0 aromatic rings. The molecule has 0 amide bonds. The topological polar surface area (TPSA) is 69.4 Å². The second kappa shape index (κ2) is 7.50. The molecule has 4 nitrogen and oxygen atoms in total. The van der Waals surface area contributed by atoms with Gasteiger partial charge in [0, 0.05) is 6.42 Å². The molecule has 0 saturated heterocycles. The van der Waals surface area contributed by atoms with E-state index in [2.05, 4.69) is 4.74 Å². The van der Waals surface area contributed by atoms with E-state index in [1.54, 1.807) is 0 Å².